The average Bonchev–Trinajstić information content (AvgIpc) is 3.44. The highest BCUT2D eigenvalue weighted by atomic mass is 16.5. The predicted molar refractivity (Wildman–Crippen MR) is 136 cm³/mol. The number of amides is 2. The quantitative estimate of drug-likeness (QED) is 0.406. The van der Waals surface area contributed by atoms with Gasteiger partial charge in [0.15, 0.2) is 17.8 Å². The molecule has 5 rings (SSSR count). The van der Waals surface area contributed by atoms with Gasteiger partial charge in [-0.3, -0.25) is 9.59 Å². The topological polar surface area (TPSA) is 75.9 Å². The first-order valence-corrected chi connectivity index (χ1v) is 11.9. The van der Waals surface area contributed by atoms with Crippen molar-refractivity contribution in [2.75, 3.05) is 33.3 Å². The maximum Gasteiger partial charge on any atom is 0.276 e. The van der Waals surface area contributed by atoms with E-state index in [1.165, 1.54) is 6.39 Å². The van der Waals surface area contributed by atoms with Crippen LogP contribution in [-0.4, -0.2) is 59.9 Å². The van der Waals surface area contributed by atoms with E-state index in [1.54, 1.807) is 18.1 Å². The summed E-state index contributed by atoms with van der Waals surface area (Å²) in [5, 5.41) is 0. The van der Waals surface area contributed by atoms with E-state index in [0.717, 1.165) is 16.7 Å². The van der Waals surface area contributed by atoms with Crippen LogP contribution in [0, 0.1) is 0 Å². The van der Waals surface area contributed by atoms with Crippen LogP contribution in [0.15, 0.2) is 95.7 Å². The van der Waals surface area contributed by atoms with Crippen LogP contribution < -0.4 is 4.74 Å². The second kappa shape index (κ2) is 10.5. The number of ether oxygens (including phenoxy) is 1. The summed E-state index contributed by atoms with van der Waals surface area (Å²) < 4.78 is 10.9. The van der Waals surface area contributed by atoms with Gasteiger partial charge >= 0.3 is 0 Å². The fraction of sp³-hybridized carbons (Fsp3) is 0.207. The Labute approximate surface area is 209 Å². The molecule has 1 aromatic heterocycles. The Bertz CT molecular complexity index is 1290. The van der Waals surface area contributed by atoms with Crippen molar-refractivity contribution >= 4 is 11.8 Å². The molecule has 0 spiro atoms. The molecule has 1 aliphatic rings. The van der Waals surface area contributed by atoms with Gasteiger partial charge in [-0.2, -0.15) is 0 Å². The van der Waals surface area contributed by atoms with E-state index in [-0.39, 0.29) is 23.4 Å². The monoisotopic (exact) mass is 481 g/mol. The lowest BCUT2D eigenvalue weighted by atomic mass is 9.90. The number of piperazine rings is 1. The number of nitrogens with zero attached hydrogens (tertiary/aromatic N) is 3. The number of carbonyl (C=O) groups is 2. The van der Waals surface area contributed by atoms with Crippen molar-refractivity contribution < 1.29 is 18.7 Å². The molecule has 0 bridgehead atoms. The molecule has 0 radical (unpaired) electrons. The maximum atomic E-state index is 13.7. The zero-order valence-electron chi connectivity index (χ0n) is 20.0. The van der Waals surface area contributed by atoms with Gasteiger partial charge in [0, 0.05) is 31.7 Å². The van der Waals surface area contributed by atoms with Crippen molar-refractivity contribution in [3.8, 4) is 17.1 Å². The van der Waals surface area contributed by atoms with Crippen LogP contribution in [0.4, 0.5) is 0 Å². The van der Waals surface area contributed by atoms with Crippen LogP contribution in [0.3, 0.4) is 0 Å². The van der Waals surface area contributed by atoms with Gasteiger partial charge in [-0.05, 0) is 23.3 Å². The first kappa shape index (κ1) is 23.4. The Kier molecular flexibility index (Phi) is 6.80. The van der Waals surface area contributed by atoms with Gasteiger partial charge in [0.25, 0.3) is 5.91 Å². The molecule has 1 saturated heterocycles. The summed E-state index contributed by atoms with van der Waals surface area (Å²) in [6.45, 7) is 1.75. The molecule has 0 saturated carbocycles. The molecule has 36 heavy (non-hydrogen) atoms. The highest BCUT2D eigenvalue weighted by molar-refractivity contribution is 5.98. The summed E-state index contributed by atoms with van der Waals surface area (Å²) in [6, 6.07) is 27.0. The van der Waals surface area contributed by atoms with Crippen molar-refractivity contribution in [1.29, 1.82) is 0 Å². The lowest BCUT2D eigenvalue weighted by Gasteiger charge is -2.36. The highest BCUT2D eigenvalue weighted by Crippen LogP contribution is 2.29. The van der Waals surface area contributed by atoms with Gasteiger partial charge < -0.3 is 19.0 Å². The molecule has 0 N–H and O–H groups in total. The smallest absolute Gasteiger partial charge is 0.276 e. The van der Waals surface area contributed by atoms with Crippen LogP contribution in [-0.2, 0) is 4.79 Å². The molecule has 2 amide bonds. The van der Waals surface area contributed by atoms with Gasteiger partial charge in [0.05, 0.1) is 13.0 Å². The Morgan fingerprint density at radius 2 is 1.44 bits per heavy atom. The Morgan fingerprint density at radius 1 is 0.833 bits per heavy atom. The summed E-state index contributed by atoms with van der Waals surface area (Å²) >= 11 is 0. The number of methoxy groups -OCH3 is 1. The number of rotatable bonds is 6. The van der Waals surface area contributed by atoms with Crippen LogP contribution in [0.5, 0.6) is 5.75 Å². The zero-order valence-corrected chi connectivity index (χ0v) is 20.0. The van der Waals surface area contributed by atoms with Crippen LogP contribution in [0.1, 0.15) is 27.5 Å². The normalized spacial score (nSPS) is 13.6. The van der Waals surface area contributed by atoms with E-state index in [2.05, 4.69) is 4.98 Å². The van der Waals surface area contributed by atoms with E-state index in [0.29, 0.717) is 37.7 Å². The Morgan fingerprint density at radius 3 is 2.06 bits per heavy atom. The van der Waals surface area contributed by atoms with Gasteiger partial charge in [-0.15, -0.1) is 0 Å². The molecular formula is C29H27N3O4. The highest BCUT2D eigenvalue weighted by Gasteiger charge is 2.32. The van der Waals surface area contributed by atoms with E-state index in [1.807, 2.05) is 83.8 Å². The molecule has 1 aliphatic heterocycles. The number of hydrogen-bond acceptors (Lipinski definition) is 5. The maximum absolute atomic E-state index is 13.7. The third-order valence-corrected chi connectivity index (χ3v) is 6.49. The number of benzene rings is 3. The molecule has 0 unspecified atom stereocenters. The molecule has 7 nitrogen and oxygen atoms in total. The molecule has 4 aromatic rings. The first-order valence-electron chi connectivity index (χ1n) is 11.9. The zero-order chi connectivity index (χ0) is 24.9. The predicted octanol–water partition coefficient (Wildman–Crippen LogP) is 4.47. The molecule has 1 fully saturated rings. The van der Waals surface area contributed by atoms with Gasteiger partial charge in [-0.1, -0.05) is 72.8 Å². The number of hydrogen-bond donors (Lipinski definition) is 0. The Balaban J connectivity index is 1.31. The molecule has 2 heterocycles. The van der Waals surface area contributed by atoms with Crippen molar-refractivity contribution in [1.82, 2.24) is 14.8 Å². The van der Waals surface area contributed by atoms with Crippen molar-refractivity contribution in [2.45, 2.75) is 5.92 Å². The van der Waals surface area contributed by atoms with E-state index in [9.17, 15) is 9.59 Å². The number of aromatic nitrogens is 1. The third-order valence-electron chi connectivity index (χ3n) is 6.49. The Hall–Kier alpha value is -4.39. The van der Waals surface area contributed by atoms with Crippen molar-refractivity contribution in [3.05, 3.63) is 108 Å². The first-order chi connectivity index (χ1) is 17.7. The SMILES string of the molecule is COc1cccc(-c2ocnc2C(=O)N2CCN(C(=O)C(c3ccccc3)c3ccccc3)CC2)c1. The molecule has 182 valence electrons. The fourth-order valence-electron chi connectivity index (χ4n) is 4.60. The summed E-state index contributed by atoms with van der Waals surface area (Å²) in [6.07, 6.45) is 1.28. The minimum absolute atomic E-state index is 0.0398. The third kappa shape index (κ3) is 4.73. The summed E-state index contributed by atoms with van der Waals surface area (Å²) in [4.78, 5) is 34.8. The minimum atomic E-state index is -0.384. The largest absolute Gasteiger partial charge is 0.497 e. The van der Waals surface area contributed by atoms with Crippen LogP contribution >= 0.6 is 0 Å². The summed E-state index contributed by atoms with van der Waals surface area (Å²) in [5.41, 5.74) is 2.89. The number of carbonyl (C=O) groups excluding carboxylic acids is 2. The van der Waals surface area contributed by atoms with E-state index < -0.39 is 0 Å². The van der Waals surface area contributed by atoms with Crippen molar-refractivity contribution in [2.24, 2.45) is 0 Å². The minimum Gasteiger partial charge on any atom is -0.497 e. The molecular weight excluding hydrogens is 454 g/mol. The number of oxazole rings is 1. The molecule has 3 aromatic carbocycles. The molecule has 0 aliphatic carbocycles. The van der Waals surface area contributed by atoms with Gasteiger partial charge in [0.2, 0.25) is 5.91 Å². The van der Waals surface area contributed by atoms with Gasteiger partial charge in [0.1, 0.15) is 5.75 Å². The lowest BCUT2D eigenvalue weighted by molar-refractivity contribution is -0.133. The standard InChI is InChI=1S/C29H27N3O4/c1-35-24-14-8-13-23(19-24)27-26(30-20-36-27)29(34)32-17-15-31(16-18-32)28(33)25(21-9-4-2-5-10-21)22-11-6-3-7-12-22/h2-14,19-20,25H,15-18H2,1H3. The second-order valence-corrected chi connectivity index (χ2v) is 8.63. The summed E-state index contributed by atoms with van der Waals surface area (Å²) in [5.74, 6) is 0.519. The van der Waals surface area contributed by atoms with Gasteiger partial charge in [-0.25, -0.2) is 4.98 Å². The average molecular weight is 482 g/mol. The van der Waals surface area contributed by atoms with E-state index in [4.69, 9.17) is 9.15 Å². The second-order valence-electron chi connectivity index (χ2n) is 8.63. The van der Waals surface area contributed by atoms with Crippen molar-refractivity contribution in [3.63, 3.8) is 0 Å². The van der Waals surface area contributed by atoms with Crippen LogP contribution in [0.25, 0.3) is 11.3 Å². The van der Waals surface area contributed by atoms with E-state index >= 15 is 0 Å². The molecule has 0 atom stereocenters. The fourth-order valence-corrected chi connectivity index (χ4v) is 4.60. The lowest BCUT2D eigenvalue weighted by Crippen LogP contribution is -2.51. The molecule has 7 heteroatoms. The summed E-state index contributed by atoms with van der Waals surface area (Å²) in [7, 11) is 1.59. The van der Waals surface area contributed by atoms with Crippen LogP contribution in [0.2, 0.25) is 0 Å².